The molecule has 1 saturated heterocycles. The van der Waals surface area contributed by atoms with Gasteiger partial charge >= 0.3 is 6.03 Å². The molecule has 0 aliphatic carbocycles. The van der Waals surface area contributed by atoms with Crippen molar-refractivity contribution < 1.29 is 19.1 Å². The quantitative estimate of drug-likeness (QED) is 0.871. The minimum Gasteiger partial charge on any atom is -0.454 e. The third-order valence-corrected chi connectivity index (χ3v) is 4.66. The molecule has 0 spiro atoms. The average Bonchev–Trinajstić information content (AvgIpc) is 3.37. The highest BCUT2D eigenvalue weighted by molar-refractivity contribution is 5.95. The predicted octanol–water partition coefficient (Wildman–Crippen LogP) is 2.97. The number of urea groups is 1. The molecule has 2 aliphatic heterocycles. The molecule has 2 aromatic rings. The summed E-state index contributed by atoms with van der Waals surface area (Å²) in [7, 11) is 0. The van der Waals surface area contributed by atoms with Crippen molar-refractivity contribution in [2.24, 2.45) is 0 Å². The molecule has 2 N–H and O–H groups in total. The zero-order valence-corrected chi connectivity index (χ0v) is 14.9. The zero-order valence-electron chi connectivity index (χ0n) is 14.9. The highest BCUT2D eigenvalue weighted by Crippen LogP contribution is 2.32. The van der Waals surface area contributed by atoms with E-state index in [4.69, 9.17) is 9.47 Å². The third kappa shape index (κ3) is 3.97. The Morgan fingerprint density at radius 3 is 2.67 bits per heavy atom. The Balaban J connectivity index is 1.35. The van der Waals surface area contributed by atoms with Gasteiger partial charge in [0.15, 0.2) is 11.5 Å². The van der Waals surface area contributed by atoms with Crippen LogP contribution in [0.2, 0.25) is 0 Å². The maximum atomic E-state index is 12.4. The lowest BCUT2D eigenvalue weighted by atomic mass is 10.1. The van der Waals surface area contributed by atoms with Crippen molar-refractivity contribution in [3.63, 3.8) is 0 Å². The van der Waals surface area contributed by atoms with E-state index in [-0.39, 0.29) is 18.7 Å². The fourth-order valence-corrected chi connectivity index (χ4v) is 3.20. The number of carbonyl (C=O) groups is 2. The normalized spacial score (nSPS) is 14.9. The Labute approximate surface area is 157 Å². The number of fused-ring (bicyclic) bond motifs is 1. The van der Waals surface area contributed by atoms with Crippen molar-refractivity contribution >= 4 is 17.6 Å². The first-order valence-corrected chi connectivity index (χ1v) is 9.02. The molecule has 0 atom stereocenters. The van der Waals surface area contributed by atoms with Crippen LogP contribution < -0.4 is 20.1 Å². The van der Waals surface area contributed by atoms with Gasteiger partial charge < -0.3 is 25.0 Å². The van der Waals surface area contributed by atoms with Crippen molar-refractivity contribution in [1.82, 2.24) is 10.2 Å². The number of hydrogen-bond donors (Lipinski definition) is 2. The number of likely N-dealkylation sites (tertiary alicyclic amines) is 1. The monoisotopic (exact) mass is 367 g/mol. The summed E-state index contributed by atoms with van der Waals surface area (Å²) >= 11 is 0. The smallest absolute Gasteiger partial charge is 0.321 e. The van der Waals surface area contributed by atoms with Gasteiger partial charge in [-0.25, -0.2) is 4.79 Å². The topological polar surface area (TPSA) is 79.9 Å². The summed E-state index contributed by atoms with van der Waals surface area (Å²) in [6.45, 7) is 2.14. The van der Waals surface area contributed by atoms with Crippen LogP contribution in [0, 0.1) is 0 Å². The van der Waals surface area contributed by atoms with Gasteiger partial charge in [0.1, 0.15) is 0 Å². The molecule has 2 aromatic carbocycles. The molecule has 0 radical (unpaired) electrons. The third-order valence-electron chi connectivity index (χ3n) is 4.66. The standard InChI is InChI=1S/C20H21N3O4/c24-19(15-6-7-17-18(11-15)27-13-26-17)21-12-14-4-3-5-16(10-14)22-20(25)23-8-1-2-9-23/h3-7,10-11H,1-2,8-9,12-13H2,(H,21,24)(H,22,25). The highest BCUT2D eigenvalue weighted by atomic mass is 16.7. The van der Waals surface area contributed by atoms with E-state index in [9.17, 15) is 9.59 Å². The predicted molar refractivity (Wildman–Crippen MR) is 100 cm³/mol. The summed E-state index contributed by atoms with van der Waals surface area (Å²) < 4.78 is 10.6. The molecule has 27 heavy (non-hydrogen) atoms. The second-order valence-electron chi connectivity index (χ2n) is 6.58. The van der Waals surface area contributed by atoms with E-state index in [0.717, 1.165) is 37.2 Å². The van der Waals surface area contributed by atoms with E-state index in [1.165, 1.54) is 0 Å². The molecule has 1 fully saturated rings. The van der Waals surface area contributed by atoms with Crippen molar-refractivity contribution in [2.45, 2.75) is 19.4 Å². The molecule has 140 valence electrons. The van der Waals surface area contributed by atoms with E-state index in [2.05, 4.69) is 10.6 Å². The van der Waals surface area contributed by atoms with Gasteiger partial charge in [-0.1, -0.05) is 12.1 Å². The van der Waals surface area contributed by atoms with Crippen LogP contribution >= 0.6 is 0 Å². The number of carbonyl (C=O) groups excluding carboxylic acids is 2. The Bertz CT molecular complexity index is 862. The zero-order chi connectivity index (χ0) is 18.6. The highest BCUT2D eigenvalue weighted by Gasteiger charge is 2.18. The van der Waals surface area contributed by atoms with Crippen LogP contribution in [-0.4, -0.2) is 36.7 Å². The van der Waals surface area contributed by atoms with Gasteiger partial charge in [-0.05, 0) is 48.7 Å². The molecule has 2 heterocycles. The van der Waals surface area contributed by atoms with E-state index < -0.39 is 0 Å². The SMILES string of the molecule is O=C(NCc1cccc(NC(=O)N2CCCC2)c1)c1ccc2c(c1)OCO2. The lowest BCUT2D eigenvalue weighted by molar-refractivity contribution is 0.0950. The Hall–Kier alpha value is -3.22. The number of nitrogens with one attached hydrogen (secondary N) is 2. The van der Waals surface area contributed by atoms with Crippen LogP contribution in [0.5, 0.6) is 11.5 Å². The van der Waals surface area contributed by atoms with Crippen LogP contribution in [0.3, 0.4) is 0 Å². The maximum Gasteiger partial charge on any atom is 0.321 e. The van der Waals surface area contributed by atoms with Gasteiger partial charge in [0.25, 0.3) is 5.91 Å². The maximum absolute atomic E-state index is 12.4. The molecule has 7 heteroatoms. The van der Waals surface area contributed by atoms with Crippen molar-refractivity contribution in [2.75, 3.05) is 25.2 Å². The Morgan fingerprint density at radius 2 is 1.81 bits per heavy atom. The van der Waals surface area contributed by atoms with Gasteiger partial charge in [-0.15, -0.1) is 0 Å². The summed E-state index contributed by atoms with van der Waals surface area (Å²) in [4.78, 5) is 26.4. The van der Waals surface area contributed by atoms with Gasteiger partial charge in [0.2, 0.25) is 6.79 Å². The van der Waals surface area contributed by atoms with E-state index in [1.54, 1.807) is 18.2 Å². The lowest BCUT2D eigenvalue weighted by Gasteiger charge is -2.16. The molecular formula is C20H21N3O4. The average molecular weight is 367 g/mol. The van der Waals surface area contributed by atoms with Crippen molar-refractivity contribution in [1.29, 1.82) is 0 Å². The fraction of sp³-hybridized carbons (Fsp3) is 0.300. The summed E-state index contributed by atoms with van der Waals surface area (Å²) in [5.41, 5.74) is 2.14. The first-order chi connectivity index (χ1) is 13.2. The Kier molecular flexibility index (Phi) is 4.82. The van der Waals surface area contributed by atoms with Crippen LogP contribution in [0.25, 0.3) is 0 Å². The number of hydrogen-bond acceptors (Lipinski definition) is 4. The van der Waals surface area contributed by atoms with Gasteiger partial charge in [-0.3, -0.25) is 4.79 Å². The second-order valence-corrected chi connectivity index (χ2v) is 6.58. The van der Waals surface area contributed by atoms with Crippen LogP contribution in [0.1, 0.15) is 28.8 Å². The Morgan fingerprint density at radius 1 is 1.00 bits per heavy atom. The summed E-state index contributed by atoms with van der Waals surface area (Å²) in [5.74, 6) is 1.03. The molecule has 4 rings (SSSR count). The van der Waals surface area contributed by atoms with Gasteiger partial charge in [0.05, 0.1) is 0 Å². The molecule has 0 unspecified atom stereocenters. The van der Waals surface area contributed by atoms with Crippen LogP contribution in [-0.2, 0) is 6.54 Å². The molecule has 7 nitrogen and oxygen atoms in total. The minimum absolute atomic E-state index is 0.0750. The number of amides is 3. The first kappa shape index (κ1) is 17.2. The molecule has 0 bridgehead atoms. The van der Waals surface area contributed by atoms with Crippen molar-refractivity contribution in [3.05, 3.63) is 53.6 Å². The molecule has 3 amide bonds. The molecule has 0 saturated carbocycles. The number of nitrogens with zero attached hydrogens (tertiary/aromatic N) is 1. The first-order valence-electron chi connectivity index (χ1n) is 9.02. The van der Waals surface area contributed by atoms with Gasteiger partial charge in [0, 0.05) is 30.9 Å². The van der Waals surface area contributed by atoms with Crippen LogP contribution in [0.4, 0.5) is 10.5 Å². The van der Waals surface area contributed by atoms with Gasteiger partial charge in [-0.2, -0.15) is 0 Å². The minimum atomic E-state index is -0.195. The summed E-state index contributed by atoms with van der Waals surface area (Å²) in [6, 6.07) is 12.5. The number of anilines is 1. The summed E-state index contributed by atoms with van der Waals surface area (Å²) in [6.07, 6.45) is 2.11. The largest absolute Gasteiger partial charge is 0.454 e. The molecule has 0 aromatic heterocycles. The van der Waals surface area contributed by atoms with E-state index in [0.29, 0.717) is 23.6 Å². The van der Waals surface area contributed by atoms with E-state index >= 15 is 0 Å². The van der Waals surface area contributed by atoms with E-state index in [1.807, 2.05) is 29.2 Å². The molecule has 2 aliphatic rings. The summed E-state index contributed by atoms with van der Waals surface area (Å²) in [5, 5.41) is 5.80. The van der Waals surface area contributed by atoms with Crippen molar-refractivity contribution in [3.8, 4) is 11.5 Å². The lowest BCUT2D eigenvalue weighted by Crippen LogP contribution is -2.32. The fourth-order valence-electron chi connectivity index (χ4n) is 3.20. The number of rotatable bonds is 4. The second kappa shape index (κ2) is 7.57. The number of ether oxygens (including phenoxy) is 2. The molecular weight excluding hydrogens is 346 g/mol. The number of benzene rings is 2. The van der Waals surface area contributed by atoms with Crippen LogP contribution in [0.15, 0.2) is 42.5 Å².